The highest BCUT2D eigenvalue weighted by molar-refractivity contribution is 6.04. The number of Topliss-reactive ketones (excluding diaryl/α,β-unsaturated/α-hetero) is 1. The van der Waals surface area contributed by atoms with E-state index >= 15 is 0 Å². The summed E-state index contributed by atoms with van der Waals surface area (Å²) in [4.78, 5) is 26.3. The van der Waals surface area contributed by atoms with E-state index in [1.165, 1.54) is 0 Å². The number of aliphatic hydroxyl groups is 5. The van der Waals surface area contributed by atoms with E-state index in [0.717, 1.165) is 11.1 Å². The molecule has 0 aliphatic carbocycles. The molecular formula is C40H45N3O11. The lowest BCUT2D eigenvalue weighted by molar-refractivity contribution is -0.239. The van der Waals surface area contributed by atoms with Gasteiger partial charge in [-0.3, -0.25) is 9.59 Å². The topological polar surface area (TPSA) is 236 Å². The fraction of sp³-hybridized carbons (Fsp3) is 0.350. The van der Waals surface area contributed by atoms with Crippen molar-refractivity contribution in [3.63, 3.8) is 0 Å². The molecule has 2 aliphatic heterocycles. The Morgan fingerprint density at radius 3 is 1.78 bits per heavy atom. The lowest BCUT2D eigenvalue weighted by Gasteiger charge is -2.40. The lowest BCUT2D eigenvalue weighted by atomic mass is 9.96. The molecule has 2 fully saturated rings. The second-order valence-corrected chi connectivity index (χ2v) is 13.4. The molecule has 0 spiro atoms. The van der Waals surface area contributed by atoms with Gasteiger partial charge in [-0.05, 0) is 59.5 Å². The number of carbonyl (C=O) groups is 2. The van der Waals surface area contributed by atoms with Crippen LogP contribution in [0.4, 0.5) is 5.69 Å². The molecular weight excluding hydrogens is 698 g/mol. The molecule has 0 unspecified atom stereocenters. The highest BCUT2D eigenvalue weighted by Gasteiger charge is 2.44. The van der Waals surface area contributed by atoms with E-state index in [4.69, 9.17) is 30.4 Å². The van der Waals surface area contributed by atoms with Crippen molar-refractivity contribution in [2.24, 2.45) is 11.5 Å². The Morgan fingerprint density at radius 2 is 1.20 bits per heavy atom. The number of benzene rings is 4. The Bertz CT molecular complexity index is 1750. The van der Waals surface area contributed by atoms with Crippen molar-refractivity contribution in [3.8, 4) is 22.6 Å². The normalized spacial score (nSPS) is 28.2. The average molecular weight is 744 g/mol. The highest BCUT2D eigenvalue weighted by Crippen LogP contribution is 2.28. The maximum absolute atomic E-state index is 13.2. The van der Waals surface area contributed by atoms with Crippen molar-refractivity contribution in [1.29, 1.82) is 0 Å². The van der Waals surface area contributed by atoms with E-state index in [1.807, 2.05) is 31.2 Å². The number of ether oxygens (including phenoxy) is 4. The van der Waals surface area contributed by atoms with Crippen LogP contribution < -0.4 is 26.3 Å². The molecule has 2 aliphatic rings. The Hall–Kier alpha value is -4.74. The van der Waals surface area contributed by atoms with Crippen molar-refractivity contribution in [2.45, 2.75) is 81.1 Å². The first-order chi connectivity index (χ1) is 25.9. The molecule has 14 nitrogen and oxygen atoms in total. The van der Waals surface area contributed by atoms with E-state index < -0.39 is 67.9 Å². The van der Waals surface area contributed by atoms with Gasteiger partial charge in [-0.1, -0.05) is 61.5 Å². The molecule has 2 heterocycles. The summed E-state index contributed by atoms with van der Waals surface area (Å²) in [6, 6.07) is 25.6. The molecule has 0 saturated carbocycles. The monoisotopic (exact) mass is 743 g/mol. The van der Waals surface area contributed by atoms with Crippen LogP contribution in [0.1, 0.15) is 39.6 Å². The molecule has 14 heteroatoms. The largest absolute Gasteiger partial charge is 0.463 e. The first kappa shape index (κ1) is 39.0. The molecule has 54 heavy (non-hydrogen) atoms. The molecule has 1 amide bonds. The van der Waals surface area contributed by atoms with E-state index in [2.05, 4.69) is 5.32 Å². The second-order valence-electron chi connectivity index (χ2n) is 13.4. The van der Waals surface area contributed by atoms with Gasteiger partial charge in [-0.2, -0.15) is 0 Å². The summed E-state index contributed by atoms with van der Waals surface area (Å²) >= 11 is 0. The fourth-order valence-electron chi connectivity index (χ4n) is 6.40. The minimum atomic E-state index is -1.35. The van der Waals surface area contributed by atoms with Crippen molar-refractivity contribution in [1.82, 2.24) is 0 Å². The molecule has 10 N–H and O–H groups in total. The molecule has 10 atom stereocenters. The van der Waals surface area contributed by atoms with Crippen LogP contribution in [0, 0.1) is 0 Å². The van der Waals surface area contributed by atoms with Gasteiger partial charge >= 0.3 is 0 Å². The summed E-state index contributed by atoms with van der Waals surface area (Å²) in [5.41, 5.74) is 15.8. The minimum absolute atomic E-state index is 0.0854. The van der Waals surface area contributed by atoms with E-state index in [9.17, 15) is 35.1 Å². The summed E-state index contributed by atoms with van der Waals surface area (Å²) in [5, 5.41) is 53.1. The summed E-state index contributed by atoms with van der Waals surface area (Å²) in [6.07, 6.45) is -8.28. The Morgan fingerprint density at radius 1 is 0.685 bits per heavy atom. The number of anilines is 1. The average Bonchev–Trinajstić information content (AvgIpc) is 3.18. The second kappa shape index (κ2) is 17.2. The molecule has 0 radical (unpaired) electrons. The number of aliphatic hydroxyl groups excluding tert-OH is 5. The third-order valence-electron chi connectivity index (χ3n) is 9.63. The number of rotatable bonds is 12. The zero-order valence-electron chi connectivity index (χ0n) is 29.5. The van der Waals surface area contributed by atoms with Gasteiger partial charge in [0.25, 0.3) is 5.91 Å². The zero-order chi connectivity index (χ0) is 38.5. The van der Waals surface area contributed by atoms with E-state index in [1.54, 1.807) is 72.8 Å². The summed E-state index contributed by atoms with van der Waals surface area (Å²) in [6.45, 7) is 1.30. The SMILES string of the molecule is CC[C@H]1O[C@@H](Oc2cccc(NC(=O)c3ccc(-c4ccc(C(=O)Cc5cccc(O[C@@H]6O[C@H](CO)[C@@H](O)[C@H](O)[C@H]6N)c5)cc4)cc3)c2)[C@H](N)[C@@H](O)[C@@H]1O. The van der Waals surface area contributed by atoms with Gasteiger partial charge < -0.3 is 61.3 Å². The Labute approximate surface area is 311 Å². The van der Waals surface area contributed by atoms with Gasteiger partial charge in [-0.25, -0.2) is 0 Å². The summed E-state index contributed by atoms with van der Waals surface area (Å²) in [7, 11) is 0. The molecule has 4 aromatic rings. The van der Waals surface area contributed by atoms with Crippen molar-refractivity contribution >= 4 is 17.4 Å². The van der Waals surface area contributed by atoms with Crippen LogP contribution in [-0.4, -0.2) is 105 Å². The number of nitrogens with two attached hydrogens (primary N) is 2. The van der Waals surface area contributed by atoms with Crippen LogP contribution in [0.2, 0.25) is 0 Å². The first-order valence-corrected chi connectivity index (χ1v) is 17.7. The fourth-order valence-corrected chi connectivity index (χ4v) is 6.40. The first-order valence-electron chi connectivity index (χ1n) is 17.7. The van der Waals surface area contributed by atoms with Crippen molar-refractivity contribution in [3.05, 3.63) is 114 Å². The standard InChI is InChI=1S/C40H45N3O11/c1-2-30-34(46)36(48)32(41)39(53-30)52-28-8-4-6-26(19-28)43-38(50)25-15-11-23(12-16-25)22-9-13-24(14-10-22)29(45)18-21-5-3-7-27(17-21)51-40-33(42)37(49)35(47)31(20-44)54-40/h3-17,19,30-37,39-40,44,46-49H,2,18,20,41-42H2,1H3,(H,43,50)/t30-,31-,32-,33-,34-,35-,36-,37-,39-,40-/m1/s1. The van der Waals surface area contributed by atoms with Gasteiger partial charge in [0.1, 0.15) is 42.0 Å². The number of hydrogen-bond donors (Lipinski definition) is 8. The number of hydrogen-bond acceptors (Lipinski definition) is 13. The number of nitrogens with one attached hydrogen (secondary N) is 1. The van der Waals surface area contributed by atoms with Gasteiger partial charge in [0.2, 0.25) is 12.6 Å². The van der Waals surface area contributed by atoms with Gasteiger partial charge in [0, 0.05) is 29.3 Å². The van der Waals surface area contributed by atoms with Crippen LogP contribution in [0.25, 0.3) is 11.1 Å². The third-order valence-corrected chi connectivity index (χ3v) is 9.63. The number of ketones is 1. The molecule has 6 rings (SSSR count). The molecule has 4 aromatic carbocycles. The predicted octanol–water partition coefficient (Wildman–Crippen LogP) is 1.74. The van der Waals surface area contributed by atoms with Crippen LogP contribution in [0.15, 0.2) is 97.1 Å². The number of carbonyl (C=O) groups excluding carboxylic acids is 2. The summed E-state index contributed by atoms with van der Waals surface area (Å²) < 4.78 is 23.0. The van der Waals surface area contributed by atoms with Crippen LogP contribution in [-0.2, 0) is 15.9 Å². The van der Waals surface area contributed by atoms with E-state index in [-0.39, 0.29) is 18.1 Å². The van der Waals surface area contributed by atoms with Crippen molar-refractivity contribution in [2.75, 3.05) is 11.9 Å². The quantitative estimate of drug-likeness (QED) is 0.0967. The molecule has 0 aromatic heterocycles. The minimum Gasteiger partial charge on any atom is -0.463 e. The Balaban J connectivity index is 1.03. The van der Waals surface area contributed by atoms with Crippen LogP contribution in [0.3, 0.4) is 0 Å². The lowest BCUT2D eigenvalue weighted by Crippen LogP contribution is -2.63. The van der Waals surface area contributed by atoms with Crippen molar-refractivity contribution < 1.29 is 54.1 Å². The van der Waals surface area contributed by atoms with Gasteiger partial charge in [-0.15, -0.1) is 0 Å². The smallest absolute Gasteiger partial charge is 0.255 e. The zero-order valence-corrected chi connectivity index (χ0v) is 29.5. The van der Waals surface area contributed by atoms with Gasteiger partial charge in [0.05, 0.1) is 24.8 Å². The van der Waals surface area contributed by atoms with E-state index in [0.29, 0.717) is 40.3 Å². The highest BCUT2D eigenvalue weighted by atomic mass is 16.7. The number of amides is 1. The van der Waals surface area contributed by atoms with Crippen LogP contribution in [0.5, 0.6) is 11.5 Å². The molecule has 2 saturated heterocycles. The third kappa shape index (κ3) is 8.79. The predicted molar refractivity (Wildman–Crippen MR) is 197 cm³/mol. The van der Waals surface area contributed by atoms with Crippen LogP contribution >= 0.6 is 0 Å². The molecule has 0 bridgehead atoms. The molecule has 286 valence electrons. The Kier molecular flexibility index (Phi) is 12.4. The maximum Gasteiger partial charge on any atom is 0.255 e. The maximum atomic E-state index is 13.2. The summed E-state index contributed by atoms with van der Waals surface area (Å²) in [5.74, 6) is 0.243. The van der Waals surface area contributed by atoms with Gasteiger partial charge in [0.15, 0.2) is 5.78 Å².